The van der Waals surface area contributed by atoms with Gasteiger partial charge >= 0.3 is 0 Å². The quantitative estimate of drug-likeness (QED) is 0.638. The second kappa shape index (κ2) is 10.2. The second-order valence-electron chi connectivity index (χ2n) is 5.17. The molecule has 1 aliphatic rings. The molecule has 1 fully saturated rings. The van der Waals surface area contributed by atoms with Crippen LogP contribution >= 0.6 is 56.7 Å². The van der Waals surface area contributed by atoms with Gasteiger partial charge in [-0.3, -0.25) is 4.90 Å². The van der Waals surface area contributed by atoms with Crippen molar-refractivity contribution in [3.05, 3.63) is 44.9 Å². The van der Waals surface area contributed by atoms with Crippen LogP contribution in [0.15, 0.2) is 39.3 Å². The molecule has 0 bridgehead atoms. The molecule has 6 heteroatoms. The number of hydrogen-bond acceptors (Lipinski definition) is 2. The van der Waals surface area contributed by atoms with Crippen LogP contribution in [0.5, 0.6) is 0 Å². The summed E-state index contributed by atoms with van der Waals surface area (Å²) in [4.78, 5) is 2.55. The third kappa shape index (κ3) is 6.59. The summed E-state index contributed by atoms with van der Waals surface area (Å²) in [5.41, 5.74) is 2.59. The molecule has 0 unspecified atom stereocenters. The molecule has 1 aromatic carbocycles. The number of rotatable bonds is 4. The van der Waals surface area contributed by atoms with E-state index in [1.165, 1.54) is 11.1 Å². The highest BCUT2D eigenvalue weighted by molar-refractivity contribution is 9.11. The number of nitrogens with zero attached hydrogens (tertiary/aromatic N) is 1. The Morgan fingerprint density at radius 3 is 2.19 bits per heavy atom. The zero-order valence-electron chi connectivity index (χ0n) is 12.1. The Morgan fingerprint density at radius 2 is 1.71 bits per heavy atom. The average molecular weight is 461 g/mol. The van der Waals surface area contributed by atoms with E-state index < -0.39 is 0 Å². The van der Waals surface area contributed by atoms with Crippen LogP contribution in [0.4, 0.5) is 0 Å². The van der Waals surface area contributed by atoms with E-state index >= 15 is 0 Å². The van der Waals surface area contributed by atoms with E-state index in [0.29, 0.717) is 6.04 Å². The van der Waals surface area contributed by atoms with Gasteiger partial charge < -0.3 is 5.32 Å². The van der Waals surface area contributed by atoms with Gasteiger partial charge in [0.25, 0.3) is 0 Å². The SMILES string of the molecule is C=C(C)C[C@@H](c1cc(Br)cc(Br)c1)N1CCNCC1.Cl.Cl. The molecule has 120 valence electrons. The van der Waals surface area contributed by atoms with Gasteiger partial charge in [-0.15, -0.1) is 31.4 Å². The van der Waals surface area contributed by atoms with Crippen LogP contribution in [0.3, 0.4) is 0 Å². The third-order valence-electron chi connectivity index (χ3n) is 3.40. The molecule has 1 N–H and O–H groups in total. The van der Waals surface area contributed by atoms with Gasteiger partial charge in [-0.05, 0) is 37.1 Å². The maximum atomic E-state index is 4.09. The number of hydrogen-bond donors (Lipinski definition) is 1. The minimum Gasteiger partial charge on any atom is -0.314 e. The predicted octanol–water partition coefficient (Wildman–Crippen LogP) is 4.97. The van der Waals surface area contributed by atoms with E-state index in [9.17, 15) is 0 Å². The molecule has 1 atom stereocenters. The maximum absolute atomic E-state index is 4.09. The van der Waals surface area contributed by atoms with Crippen LogP contribution in [0.2, 0.25) is 0 Å². The van der Waals surface area contributed by atoms with E-state index in [2.05, 4.69) is 73.8 Å². The molecule has 0 spiro atoms. The smallest absolute Gasteiger partial charge is 0.0386 e. The summed E-state index contributed by atoms with van der Waals surface area (Å²) in [6.45, 7) is 10.5. The molecular formula is C15H22Br2Cl2N2. The molecule has 0 aliphatic carbocycles. The maximum Gasteiger partial charge on any atom is 0.0386 e. The molecule has 1 saturated heterocycles. The van der Waals surface area contributed by atoms with Crippen molar-refractivity contribution < 1.29 is 0 Å². The van der Waals surface area contributed by atoms with Crippen molar-refractivity contribution in [1.82, 2.24) is 10.2 Å². The lowest BCUT2D eigenvalue weighted by molar-refractivity contribution is 0.172. The fraction of sp³-hybridized carbons (Fsp3) is 0.467. The van der Waals surface area contributed by atoms with Gasteiger partial charge in [0.15, 0.2) is 0 Å². The Kier molecular flexibility index (Phi) is 10.4. The molecule has 2 rings (SSSR count). The van der Waals surface area contributed by atoms with Gasteiger partial charge in [-0.1, -0.05) is 37.4 Å². The molecular weight excluding hydrogens is 439 g/mol. The summed E-state index contributed by atoms with van der Waals surface area (Å²) in [6.07, 6.45) is 1.02. The summed E-state index contributed by atoms with van der Waals surface area (Å²) < 4.78 is 2.25. The highest BCUT2D eigenvalue weighted by Gasteiger charge is 2.22. The molecule has 1 aromatic rings. The number of benzene rings is 1. The van der Waals surface area contributed by atoms with E-state index in [4.69, 9.17) is 0 Å². The standard InChI is InChI=1S/C15H20Br2N2.2ClH/c1-11(2)7-15(19-5-3-18-4-6-19)12-8-13(16)10-14(17)9-12;;/h8-10,15,18H,1,3-7H2,2H3;2*1H/t15-;;/m0../s1. The van der Waals surface area contributed by atoms with Crippen LogP contribution in [0.25, 0.3) is 0 Å². The van der Waals surface area contributed by atoms with E-state index in [-0.39, 0.29) is 24.8 Å². The third-order valence-corrected chi connectivity index (χ3v) is 4.32. The summed E-state index contributed by atoms with van der Waals surface area (Å²) in [7, 11) is 0. The van der Waals surface area contributed by atoms with E-state index in [1.54, 1.807) is 0 Å². The van der Waals surface area contributed by atoms with Gasteiger partial charge in [0.2, 0.25) is 0 Å². The van der Waals surface area contributed by atoms with Crippen LogP contribution in [-0.2, 0) is 0 Å². The fourth-order valence-corrected chi connectivity index (χ4v) is 3.88. The van der Waals surface area contributed by atoms with Crippen LogP contribution in [0.1, 0.15) is 24.9 Å². The molecule has 1 heterocycles. The molecule has 0 saturated carbocycles. The van der Waals surface area contributed by atoms with Gasteiger partial charge in [0, 0.05) is 41.2 Å². The van der Waals surface area contributed by atoms with Crippen molar-refractivity contribution in [3.63, 3.8) is 0 Å². The molecule has 0 radical (unpaired) electrons. The highest BCUT2D eigenvalue weighted by Crippen LogP contribution is 2.31. The summed E-state index contributed by atoms with van der Waals surface area (Å²) >= 11 is 7.18. The molecule has 0 aromatic heterocycles. The first kappa shape index (κ1) is 21.4. The number of halogens is 4. The predicted molar refractivity (Wildman–Crippen MR) is 103 cm³/mol. The lowest BCUT2D eigenvalue weighted by Crippen LogP contribution is -2.45. The lowest BCUT2D eigenvalue weighted by Gasteiger charge is -2.35. The zero-order chi connectivity index (χ0) is 13.8. The van der Waals surface area contributed by atoms with Gasteiger partial charge in [-0.2, -0.15) is 0 Å². The first-order valence-electron chi connectivity index (χ1n) is 6.61. The first-order valence-corrected chi connectivity index (χ1v) is 8.20. The van der Waals surface area contributed by atoms with Crippen molar-refractivity contribution in [2.75, 3.05) is 26.2 Å². The van der Waals surface area contributed by atoms with Crippen molar-refractivity contribution in [2.45, 2.75) is 19.4 Å². The molecule has 2 nitrogen and oxygen atoms in total. The monoisotopic (exact) mass is 458 g/mol. The second-order valence-corrected chi connectivity index (χ2v) is 7.00. The Bertz CT molecular complexity index is 443. The normalized spacial score (nSPS) is 16.5. The summed E-state index contributed by atoms with van der Waals surface area (Å²) in [6, 6.07) is 6.95. The Hall–Kier alpha value is 0.420. The van der Waals surface area contributed by atoms with Crippen molar-refractivity contribution in [3.8, 4) is 0 Å². The number of nitrogens with one attached hydrogen (secondary N) is 1. The average Bonchev–Trinajstić information content (AvgIpc) is 2.35. The van der Waals surface area contributed by atoms with Gasteiger partial charge in [-0.25, -0.2) is 0 Å². The van der Waals surface area contributed by atoms with E-state index in [1.807, 2.05) is 0 Å². The van der Waals surface area contributed by atoms with Crippen molar-refractivity contribution >= 4 is 56.7 Å². The minimum atomic E-state index is 0. The Morgan fingerprint density at radius 1 is 1.19 bits per heavy atom. The number of piperazine rings is 1. The largest absolute Gasteiger partial charge is 0.314 e. The molecule has 0 amide bonds. The van der Waals surface area contributed by atoms with Crippen molar-refractivity contribution in [2.24, 2.45) is 0 Å². The van der Waals surface area contributed by atoms with Crippen LogP contribution in [-0.4, -0.2) is 31.1 Å². The van der Waals surface area contributed by atoms with Crippen molar-refractivity contribution in [1.29, 1.82) is 0 Å². The minimum absolute atomic E-state index is 0. The Balaban J connectivity index is 0.00000200. The van der Waals surface area contributed by atoms with Crippen LogP contribution < -0.4 is 5.32 Å². The Labute approximate surface area is 156 Å². The van der Waals surface area contributed by atoms with Crippen LogP contribution in [0, 0.1) is 0 Å². The topological polar surface area (TPSA) is 15.3 Å². The van der Waals surface area contributed by atoms with E-state index in [0.717, 1.165) is 41.5 Å². The van der Waals surface area contributed by atoms with Gasteiger partial charge in [0.05, 0.1) is 0 Å². The molecule has 21 heavy (non-hydrogen) atoms. The highest BCUT2D eigenvalue weighted by atomic mass is 79.9. The lowest BCUT2D eigenvalue weighted by atomic mass is 9.98. The fourth-order valence-electron chi connectivity index (χ4n) is 2.55. The van der Waals surface area contributed by atoms with Gasteiger partial charge in [0.1, 0.15) is 0 Å². The summed E-state index contributed by atoms with van der Waals surface area (Å²) in [5.74, 6) is 0. The molecule has 1 aliphatic heterocycles. The summed E-state index contributed by atoms with van der Waals surface area (Å²) in [5, 5.41) is 3.41. The first-order chi connectivity index (χ1) is 9.06. The zero-order valence-corrected chi connectivity index (χ0v) is 16.9.